The lowest BCUT2D eigenvalue weighted by Crippen LogP contribution is -2.23. The number of hydrogen-bond donors (Lipinski definition) is 0. The first-order chi connectivity index (χ1) is 7.60. The van der Waals surface area contributed by atoms with Crippen molar-refractivity contribution in [3.05, 3.63) is 12.7 Å². The largest absolute Gasteiger partial charge is 0.459 e. The van der Waals surface area contributed by atoms with Crippen molar-refractivity contribution in [3.63, 3.8) is 0 Å². The summed E-state index contributed by atoms with van der Waals surface area (Å²) in [5, 5.41) is 0. The van der Waals surface area contributed by atoms with Gasteiger partial charge in [0.25, 0.3) is 0 Å². The molecule has 3 nitrogen and oxygen atoms in total. The summed E-state index contributed by atoms with van der Waals surface area (Å²) in [5.74, 6) is -0.305. The van der Waals surface area contributed by atoms with E-state index >= 15 is 0 Å². The van der Waals surface area contributed by atoms with Crippen molar-refractivity contribution in [3.8, 4) is 0 Å². The molecule has 0 aliphatic rings. The van der Waals surface area contributed by atoms with Crippen LogP contribution in [0.5, 0.6) is 0 Å². The minimum Gasteiger partial charge on any atom is -0.459 e. The van der Waals surface area contributed by atoms with E-state index in [1.807, 2.05) is 14.1 Å². The fourth-order valence-corrected chi connectivity index (χ4v) is 1.50. The topological polar surface area (TPSA) is 29.5 Å². The van der Waals surface area contributed by atoms with Gasteiger partial charge in [-0.2, -0.15) is 0 Å². The normalized spacial score (nSPS) is 12.5. The van der Waals surface area contributed by atoms with Crippen molar-refractivity contribution in [2.75, 3.05) is 20.6 Å². The van der Waals surface area contributed by atoms with Crippen molar-refractivity contribution in [2.45, 2.75) is 45.1 Å². The lowest BCUT2D eigenvalue weighted by molar-refractivity contribution is -0.143. The Balaban J connectivity index is 3.94. The lowest BCUT2D eigenvalue weighted by atomic mass is 10.1. The highest BCUT2D eigenvalue weighted by atomic mass is 16.5. The van der Waals surface area contributed by atoms with Crippen LogP contribution in [-0.4, -0.2) is 37.6 Å². The number of ether oxygens (including phenoxy) is 1. The third-order valence-electron chi connectivity index (χ3n) is 2.48. The van der Waals surface area contributed by atoms with E-state index in [2.05, 4.69) is 18.4 Å². The third-order valence-corrected chi connectivity index (χ3v) is 2.48. The van der Waals surface area contributed by atoms with Crippen LogP contribution in [0.3, 0.4) is 0 Å². The molecular weight excluding hydrogens is 202 g/mol. The first kappa shape index (κ1) is 15.2. The van der Waals surface area contributed by atoms with Gasteiger partial charge < -0.3 is 9.64 Å². The van der Waals surface area contributed by atoms with Crippen molar-refractivity contribution in [2.24, 2.45) is 0 Å². The highest BCUT2D eigenvalue weighted by molar-refractivity contribution is 5.81. The van der Waals surface area contributed by atoms with E-state index < -0.39 is 0 Å². The molecule has 0 rings (SSSR count). The molecule has 16 heavy (non-hydrogen) atoms. The molecule has 94 valence electrons. The van der Waals surface area contributed by atoms with Gasteiger partial charge in [0.05, 0.1) is 0 Å². The van der Waals surface area contributed by atoms with Gasteiger partial charge in [0.15, 0.2) is 0 Å². The fraction of sp³-hybridized carbons (Fsp3) is 0.769. The summed E-state index contributed by atoms with van der Waals surface area (Å²) in [6, 6.07) is 0. The van der Waals surface area contributed by atoms with Crippen LogP contribution in [-0.2, 0) is 9.53 Å². The highest BCUT2D eigenvalue weighted by Gasteiger charge is 2.12. The summed E-state index contributed by atoms with van der Waals surface area (Å²) in [5.41, 5.74) is 0. The first-order valence-electron chi connectivity index (χ1n) is 6.08. The third kappa shape index (κ3) is 8.48. The van der Waals surface area contributed by atoms with Gasteiger partial charge in [-0.1, -0.05) is 26.3 Å². The number of rotatable bonds is 9. The molecule has 0 aromatic carbocycles. The molecule has 0 aromatic rings. The van der Waals surface area contributed by atoms with E-state index in [-0.39, 0.29) is 12.1 Å². The Morgan fingerprint density at radius 1 is 1.38 bits per heavy atom. The predicted octanol–water partition coefficient (Wildman–Crippen LogP) is 2.62. The van der Waals surface area contributed by atoms with Gasteiger partial charge in [-0.05, 0) is 33.4 Å². The monoisotopic (exact) mass is 227 g/mol. The van der Waals surface area contributed by atoms with Crippen molar-refractivity contribution in [1.29, 1.82) is 0 Å². The summed E-state index contributed by atoms with van der Waals surface area (Å²) < 4.78 is 5.31. The molecule has 0 aliphatic heterocycles. The van der Waals surface area contributed by atoms with E-state index in [1.54, 1.807) is 0 Å². The van der Waals surface area contributed by atoms with E-state index in [0.717, 1.165) is 25.8 Å². The van der Waals surface area contributed by atoms with Gasteiger partial charge in [-0.25, -0.2) is 4.79 Å². The highest BCUT2D eigenvalue weighted by Crippen LogP contribution is 2.11. The van der Waals surface area contributed by atoms with Crippen molar-refractivity contribution < 1.29 is 9.53 Å². The Morgan fingerprint density at radius 2 is 2.06 bits per heavy atom. The number of esters is 1. The molecule has 0 saturated carbocycles. The van der Waals surface area contributed by atoms with Crippen LogP contribution < -0.4 is 0 Å². The van der Waals surface area contributed by atoms with Gasteiger partial charge in [0, 0.05) is 12.6 Å². The maximum absolute atomic E-state index is 11.1. The maximum Gasteiger partial charge on any atom is 0.330 e. The average molecular weight is 227 g/mol. The number of hydrogen-bond acceptors (Lipinski definition) is 3. The van der Waals surface area contributed by atoms with Gasteiger partial charge >= 0.3 is 5.97 Å². The summed E-state index contributed by atoms with van der Waals surface area (Å²) in [6.45, 7) is 6.54. The molecule has 0 heterocycles. The summed E-state index contributed by atoms with van der Waals surface area (Å²) in [6.07, 6.45) is 6.65. The molecule has 0 N–H and O–H groups in total. The zero-order valence-electron chi connectivity index (χ0n) is 10.9. The Kier molecular flexibility index (Phi) is 8.91. The van der Waals surface area contributed by atoms with Gasteiger partial charge in [0.1, 0.15) is 6.10 Å². The molecule has 0 saturated heterocycles. The molecule has 0 aromatic heterocycles. The molecule has 0 fully saturated rings. The van der Waals surface area contributed by atoms with E-state index in [9.17, 15) is 4.79 Å². The molecule has 0 amide bonds. The summed E-state index contributed by atoms with van der Waals surface area (Å²) >= 11 is 0. The second-order valence-corrected chi connectivity index (χ2v) is 4.35. The van der Waals surface area contributed by atoms with E-state index in [4.69, 9.17) is 4.74 Å². The number of carbonyl (C=O) groups is 1. The van der Waals surface area contributed by atoms with Crippen LogP contribution in [0.2, 0.25) is 0 Å². The van der Waals surface area contributed by atoms with Crippen LogP contribution in [0, 0.1) is 0 Å². The molecule has 0 bridgehead atoms. The summed E-state index contributed by atoms with van der Waals surface area (Å²) in [4.78, 5) is 13.3. The quantitative estimate of drug-likeness (QED) is 0.344. The van der Waals surface area contributed by atoms with Crippen LogP contribution in [0.4, 0.5) is 0 Å². The molecule has 0 spiro atoms. The van der Waals surface area contributed by atoms with Crippen molar-refractivity contribution >= 4 is 5.97 Å². The fourth-order valence-electron chi connectivity index (χ4n) is 1.50. The maximum atomic E-state index is 11.1. The number of carbonyl (C=O) groups excluding carboxylic acids is 1. The second-order valence-electron chi connectivity index (χ2n) is 4.35. The average Bonchev–Trinajstić information content (AvgIpc) is 2.25. The number of unbranched alkanes of at least 4 members (excludes halogenated alkanes) is 2. The SMILES string of the molecule is C=CC(=O)OC(CCCCC)CCN(C)C. The van der Waals surface area contributed by atoms with Crippen LogP contribution in [0.25, 0.3) is 0 Å². The molecular formula is C13H25NO2. The predicted molar refractivity (Wildman–Crippen MR) is 67.4 cm³/mol. The van der Waals surface area contributed by atoms with Crippen LogP contribution >= 0.6 is 0 Å². The van der Waals surface area contributed by atoms with Gasteiger partial charge in [0.2, 0.25) is 0 Å². The summed E-state index contributed by atoms with van der Waals surface area (Å²) in [7, 11) is 4.05. The zero-order chi connectivity index (χ0) is 12.4. The van der Waals surface area contributed by atoms with E-state index in [0.29, 0.717) is 0 Å². The van der Waals surface area contributed by atoms with Crippen LogP contribution in [0.15, 0.2) is 12.7 Å². The van der Waals surface area contributed by atoms with Crippen molar-refractivity contribution in [1.82, 2.24) is 4.90 Å². The second kappa shape index (κ2) is 9.40. The Hall–Kier alpha value is -0.830. The Labute approximate surface area is 99.5 Å². The minimum absolute atomic E-state index is 0.0412. The zero-order valence-corrected chi connectivity index (χ0v) is 10.9. The molecule has 1 atom stereocenters. The van der Waals surface area contributed by atoms with Gasteiger partial charge in [-0.3, -0.25) is 0 Å². The van der Waals surface area contributed by atoms with E-state index in [1.165, 1.54) is 18.9 Å². The molecule has 0 aliphatic carbocycles. The smallest absolute Gasteiger partial charge is 0.330 e. The Bertz CT molecular complexity index is 202. The van der Waals surface area contributed by atoms with Crippen LogP contribution in [0.1, 0.15) is 39.0 Å². The standard InChI is InChI=1S/C13H25NO2/c1-5-7-8-9-12(10-11-14(3)4)16-13(15)6-2/h6,12H,2,5,7-11H2,1,3-4H3. The first-order valence-corrected chi connectivity index (χ1v) is 6.08. The molecule has 1 unspecified atom stereocenters. The Morgan fingerprint density at radius 3 is 2.56 bits per heavy atom. The minimum atomic E-state index is -0.305. The molecule has 0 radical (unpaired) electrons. The lowest BCUT2D eigenvalue weighted by Gasteiger charge is -2.19. The van der Waals surface area contributed by atoms with Gasteiger partial charge in [-0.15, -0.1) is 0 Å². The molecule has 3 heteroatoms. The number of nitrogens with zero attached hydrogens (tertiary/aromatic N) is 1.